The molecule has 21 heavy (non-hydrogen) atoms. The molecular weight excluding hydrogens is 260 g/mol. The molecule has 1 fully saturated rings. The predicted octanol–water partition coefficient (Wildman–Crippen LogP) is 4.52. The average Bonchev–Trinajstić information content (AvgIpc) is 2.48. The van der Waals surface area contributed by atoms with Crippen LogP contribution in [0.1, 0.15) is 63.2 Å². The normalized spacial score (nSPS) is 18.1. The van der Waals surface area contributed by atoms with Crippen molar-refractivity contribution in [1.82, 2.24) is 0 Å². The zero-order valence-electron chi connectivity index (χ0n) is 13.6. The van der Waals surface area contributed by atoms with Crippen LogP contribution >= 0.6 is 0 Å². The molecule has 0 bridgehead atoms. The van der Waals surface area contributed by atoms with E-state index in [9.17, 15) is 5.11 Å². The predicted molar refractivity (Wildman–Crippen MR) is 87.3 cm³/mol. The summed E-state index contributed by atoms with van der Waals surface area (Å²) in [7, 11) is 0. The molecule has 1 N–H and O–H groups in total. The second-order valence-corrected chi connectivity index (χ2v) is 6.90. The van der Waals surface area contributed by atoms with E-state index >= 15 is 0 Å². The van der Waals surface area contributed by atoms with Crippen LogP contribution in [0.25, 0.3) is 0 Å². The highest BCUT2D eigenvalue weighted by molar-refractivity contribution is 5.24. The number of rotatable bonds is 7. The molecule has 1 aliphatic rings. The number of hydrogen-bond acceptors (Lipinski definition) is 2. The highest BCUT2D eigenvalue weighted by Gasteiger charge is 2.15. The zero-order valence-corrected chi connectivity index (χ0v) is 13.6. The first-order chi connectivity index (χ1) is 10.1. The van der Waals surface area contributed by atoms with E-state index in [0.29, 0.717) is 18.4 Å². The van der Waals surface area contributed by atoms with E-state index in [1.54, 1.807) is 0 Å². The maximum absolute atomic E-state index is 10.2. The third-order valence-electron chi connectivity index (χ3n) is 4.36. The van der Waals surface area contributed by atoms with E-state index in [2.05, 4.69) is 26.0 Å². The Morgan fingerprint density at radius 1 is 1.10 bits per heavy atom. The van der Waals surface area contributed by atoms with E-state index in [4.69, 9.17) is 4.74 Å². The maximum atomic E-state index is 10.2. The summed E-state index contributed by atoms with van der Waals surface area (Å²) in [5, 5.41) is 10.2. The molecule has 118 valence electrons. The van der Waals surface area contributed by atoms with Gasteiger partial charge in [0.15, 0.2) is 0 Å². The molecule has 2 heteroatoms. The van der Waals surface area contributed by atoms with Crippen molar-refractivity contribution in [2.24, 2.45) is 11.8 Å². The van der Waals surface area contributed by atoms with Gasteiger partial charge in [-0.1, -0.05) is 57.4 Å². The minimum absolute atomic E-state index is 0.417. The molecule has 0 radical (unpaired) electrons. The van der Waals surface area contributed by atoms with Gasteiger partial charge < -0.3 is 9.84 Å². The number of hydrogen-bond donors (Lipinski definition) is 1. The Morgan fingerprint density at radius 3 is 2.38 bits per heavy atom. The summed E-state index contributed by atoms with van der Waals surface area (Å²) in [6.45, 7) is 5.67. The number of benzene rings is 1. The van der Waals surface area contributed by atoms with Crippen molar-refractivity contribution in [3.63, 3.8) is 0 Å². The Balaban J connectivity index is 1.73. The molecule has 0 saturated heterocycles. The van der Waals surface area contributed by atoms with Crippen LogP contribution in [0, 0.1) is 11.8 Å². The van der Waals surface area contributed by atoms with Crippen LogP contribution in [0.4, 0.5) is 0 Å². The Hall–Kier alpha value is -0.860. The molecular formula is C19H30O2. The maximum Gasteiger partial charge on any atom is 0.102 e. The van der Waals surface area contributed by atoms with Gasteiger partial charge in [0.05, 0.1) is 6.61 Å². The Labute approximate surface area is 129 Å². The minimum Gasteiger partial charge on any atom is -0.386 e. The molecule has 0 aromatic heterocycles. The van der Waals surface area contributed by atoms with Crippen LogP contribution < -0.4 is 0 Å². The van der Waals surface area contributed by atoms with Gasteiger partial charge in [0.2, 0.25) is 0 Å². The summed E-state index contributed by atoms with van der Waals surface area (Å²) in [6, 6.07) is 8.32. The molecule has 2 rings (SSSR count). The monoisotopic (exact) mass is 290 g/mol. The molecule has 1 atom stereocenters. The third-order valence-corrected chi connectivity index (χ3v) is 4.36. The lowest BCUT2D eigenvalue weighted by Gasteiger charge is -2.22. The van der Waals surface area contributed by atoms with Gasteiger partial charge in [-0.2, -0.15) is 0 Å². The quantitative estimate of drug-likeness (QED) is 0.800. The van der Waals surface area contributed by atoms with Crippen molar-refractivity contribution in [1.29, 1.82) is 0 Å². The summed E-state index contributed by atoms with van der Waals surface area (Å²) in [6.07, 6.45) is 7.24. The molecule has 1 unspecified atom stereocenters. The fourth-order valence-electron chi connectivity index (χ4n) is 3.14. The van der Waals surface area contributed by atoms with Gasteiger partial charge in [-0.3, -0.25) is 0 Å². The van der Waals surface area contributed by atoms with E-state index in [0.717, 1.165) is 18.6 Å². The highest BCUT2D eigenvalue weighted by Crippen LogP contribution is 2.24. The van der Waals surface area contributed by atoms with Gasteiger partial charge in [-0.25, -0.2) is 0 Å². The van der Waals surface area contributed by atoms with Gasteiger partial charge >= 0.3 is 0 Å². The van der Waals surface area contributed by atoms with Crippen LogP contribution in [0.3, 0.4) is 0 Å². The van der Waals surface area contributed by atoms with E-state index in [1.807, 2.05) is 12.1 Å². The topological polar surface area (TPSA) is 29.5 Å². The molecule has 1 aliphatic carbocycles. The fourth-order valence-corrected chi connectivity index (χ4v) is 3.14. The van der Waals surface area contributed by atoms with Gasteiger partial charge in [0.25, 0.3) is 0 Å². The summed E-state index contributed by atoms with van der Waals surface area (Å²) in [5.41, 5.74) is 2.30. The summed E-state index contributed by atoms with van der Waals surface area (Å²) < 4.78 is 5.73. The second kappa shape index (κ2) is 8.55. The lowest BCUT2D eigenvalue weighted by atomic mass is 9.90. The zero-order chi connectivity index (χ0) is 15.1. The lowest BCUT2D eigenvalue weighted by Crippen LogP contribution is -2.16. The standard InChI is InChI=1S/C19H30O2/c1-15(2)12-16-8-10-18(11-9-16)19(20)14-21-13-17-6-4-3-5-7-17/h8-11,15,17,19-20H,3-7,12-14H2,1-2H3. The van der Waals surface area contributed by atoms with E-state index in [1.165, 1.54) is 37.7 Å². The number of aliphatic hydroxyl groups is 1. The lowest BCUT2D eigenvalue weighted by molar-refractivity contribution is 0.0146. The van der Waals surface area contributed by atoms with Gasteiger partial charge in [-0.05, 0) is 42.2 Å². The Kier molecular flexibility index (Phi) is 6.72. The first-order valence-electron chi connectivity index (χ1n) is 8.50. The van der Waals surface area contributed by atoms with Crippen LogP contribution in [0.5, 0.6) is 0 Å². The fraction of sp³-hybridized carbons (Fsp3) is 0.684. The van der Waals surface area contributed by atoms with Gasteiger partial charge in [0.1, 0.15) is 6.10 Å². The Bertz CT molecular complexity index is 391. The molecule has 1 aromatic rings. The smallest absolute Gasteiger partial charge is 0.102 e. The van der Waals surface area contributed by atoms with Crippen LogP contribution in [-0.2, 0) is 11.2 Å². The largest absolute Gasteiger partial charge is 0.386 e. The molecule has 2 nitrogen and oxygen atoms in total. The van der Waals surface area contributed by atoms with Crippen molar-refractivity contribution in [3.05, 3.63) is 35.4 Å². The van der Waals surface area contributed by atoms with Crippen molar-refractivity contribution < 1.29 is 9.84 Å². The highest BCUT2D eigenvalue weighted by atomic mass is 16.5. The molecule has 0 heterocycles. The average molecular weight is 290 g/mol. The van der Waals surface area contributed by atoms with E-state index < -0.39 is 6.10 Å². The number of ether oxygens (including phenoxy) is 1. The molecule has 0 spiro atoms. The van der Waals surface area contributed by atoms with Crippen LogP contribution in [0.2, 0.25) is 0 Å². The molecule has 1 aromatic carbocycles. The molecule has 0 aliphatic heterocycles. The first-order valence-corrected chi connectivity index (χ1v) is 8.50. The minimum atomic E-state index is -0.498. The number of aliphatic hydroxyl groups excluding tert-OH is 1. The summed E-state index contributed by atoms with van der Waals surface area (Å²) >= 11 is 0. The molecule has 0 amide bonds. The van der Waals surface area contributed by atoms with Gasteiger partial charge in [0, 0.05) is 6.61 Å². The SMILES string of the molecule is CC(C)Cc1ccc(C(O)COCC2CCCCC2)cc1. The second-order valence-electron chi connectivity index (χ2n) is 6.90. The van der Waals surface area contributed by atoms with Crippen LogP contribution in [-0.4, -0.2) is 18.3 Å². The molecule has 1 saturated carbocycles. The van der Waals surface area contributed by atoms with Crippen LogP contribution in [0.15, 0.2) is 24.3 Å². The Morgan fingerprint density at radius 2 is 1.76 bits per heavy atom. The van der Waals surface area contributed by atoms with Crippen molar-refractivity contribution in [2.75, 3.05) is 13.2 Å². The third kappa shape index (κ3) is 5.80. The summed E-state index contributed by atoms with van der Waals surface area (Å²) in [4.78, 5) is 0. The van der Waals surface area contributed by atoms with E-state index in [-0.39, 0.29) is 0 Å². The first kappa shape index (κ1) is 16.5. The van der Waals surface area contributed by atoms with Crippen molar-refractivity contribution >= 4 is 0 Å². The van der Waals surface area contributed by atoms with Crippen molar-refractivity contribution in [2.45, 2.75) is 58.5 Å². The van der Waals surface area contributed by atoms with Gasteiger partial charge in [-0.15, -0.1) is 0 Å². The van der Waals surface area contributed by atoms with Crippen molar-refractivity contribution in [3.8, 4) is 0 Å². The summed E-state index contributed by atoms with van der Waals surface area (Å²) in [5.74, 6) is 1.37.